The lowest BCUT2D eigenvalue weighted by atomic mass is 10.2. The van der Waals surface area contributed by atoms with Gasteiger partial charge in [-0.2, -0.15) is 0 Å². The zero-order valence-electron chi connectivity index (χ0n) is 12.2. The molecule has 0 amide bonds. The van der Waals surface area contributed by atoms with Crippen LogP contribution in [0.25, 0.3) is 11.0 Å². The standard InChI is InChI=1S/C15H21N3O2/c1-4-5-10-20-14(19)11(2)18-13-9-7-6-8-12(13)17-15(18)16-3/h6-9,11H,4-5,10H2,1-3H3,(H,16,17). The van der Waals surface area contributed by atoms with E-state index in [0.29, 0.717) is 12.6 Å². The van der Waals surface area contributed by atoms with Gasteiger partial charge in [-0.05, 0) is 25.5 Å². The fraction of sp³-hybridized carbons (Fsp3) is 0.467. The van der Waals surface area contributed by atoms with Crippen LogP contribution in [0.1, 0.15) is 32.7 Å². The van der Waals surface area contributed by atoms with E-state index in [1.165, 1.54) is 0 Å². The molecule has 0 aliphatic carbocycles. The lowest BCUT2D eigenvalue weighted by molar-refractivity contribution is -0.147. The summed E-state index contributed by atoms with van der Waals surface area (Å²) < 4.78 is 7.18. The molecule has 2 aromatic rings. The van der Waals surface area contributed by atoms with Crippen LogP contribution in [0.15, 0.2) is 24.3 Å². The minimum Gasteiger partial charge on any atom is -0.464 e. The molecule has 0 bridgehead atoms. The quantitative estimate of drug-likeness (QED) is 0.650. The number of para-hydroxylation sites is 2. The Hall–Kier alpha value is -2.04. The van der Waals surface area contributed by atoms with Crippen LogP contribution in [0, 0.1) is 0 Å². The highest BCUT2D eigenvalue weighted by molar-refractivity contribution is 5.83. The Balaban J connectivity index is 2.28. The number of nitrogens with zero attached hydrogens (tertiary/aromatic N) is 2. The molecule has 108 valence electrons. The number of anilines is 1. The monoisotopic (exact) mass is 275 g/mol. The minimum absolute atomic E-state index is 0.224. The van der Waals surface area contributed by atoms with E-state index in [4.69, 9.17) is 4.74 Å². The van der Waals surface area contributed by atoms with Crippen molar-refractivity contribution >= 4 is 23.0 Å². The van der Waals surface area contributed by atoms with Crippen molar-refractivity contribution in [3.8, 4) is 0 Å². The number of rotatable bonds is 6. The third kappa shape index (κ3) is 2.76. The van der Waals surface area contributed by atoms with E-state index >= 15 is 0 Å². The summed E-state index contributed by atoms with van der Waals surface area (Å²) in [7, 11) is 1.80. The summed E-state index contributed by atoms with van der Waals surface area (Å²) in [5.41, 5.74) is 1.79. The van der Waals surface area contributed by atoms with Crippen LogP contribution in [-0.4, -0.2) is 29.2 Å². The van der Waals surface area contributed by atoms with Crippen molar-refractivity contribution in [1.82, 2.24) is 9.55 Å². The predicted octanol–water partition coefficient (Wildman–Crippen LogP) is 2.98. The van der Waals surface area contributed by atoms with Crippen molar-refractivity contribution in [2.24, 2.45) is 0 Å². The third-order valence-electron chi connectivity index (χ3n) is 3.29. The Labute approximate surface area is 118 Å². The van der Waals surface area contributed by atoms with Crippen molar-refractivity contribution in [2.75, 3.05) is 19.0 Å². The van der Waals surface area contributed by atoms with Crippen LogP contribution < -0.4 is 5.32 Å². The first-order valence-corrected chi connectivity index (χ1v) is 7.00. The molecule has 0 radical (unpaired) electrons. The maximum atomic E-state index is 12.1. The molecule has 1 heterocycles. The van der Waals surface area contributed by atoms with E-state index < -0.39 is 6.04 Å². The molecule has 1 aromatic heterocycles. The SMILES string of the molecule is CCCCOC(=O)C(C)n1c(NC)nc2ccccc21. The molecule has 2 rings (SSSR count). The number of carbonyl (C=O) groups is 1. The first-order valence-electron chi connectivity index (χ1n) is 7.00. The minimum atomic E-state index is -0.401. The maximum absolute atomic E-state index is 12.1. The molecule has 0 aliphatic heterocycles. The van der Waals surface area contributed by atoms with Gasteiger partial charge in [-0.15, -0.1) is 0 Å². The molecule has 0 saturated heterocycles. The summed E-state index contributed by atoms with van der Waals surface area (Å²) in [4.78, 5) is 16.6. The number of hydrogen-bond donors (Lipinski definition) is 1. The van der Waals surface area contributed by atoms with Crippen molar-refractivity contribution in [3.05, 3.63) is 24.3 Å². The number of benzene rings is 1. The van der Waals surface area contributed by atoms with Gasteiger partial charge in [0.25, 0.3) is 0 Å². The summed E-state index contributed by atoms with van der Waals surface area (Å²) in [6.07, 6.45) is 1.90. The number of imidazole rings is 1. The second-order valence-electron chi connectivity index (χ2n) is 4.74. The van der Waals surface area contributed by atoms with E-state index in [2.05, 4.69) is 17.2 Å². The maximum Gasteiger partial charge on any atom is 0.328 e. The zero-order valence-corrected chi connectivity index (χ0v) is 12.2. The predicted molar refractivity (Wildman–Crippen MR) is 79.9 cm³/mol. The van der Waals surface area contributed by atoms with Gasteiger partial charge >= 0.3 is 5.97 Å². The highest BCUT2D eigenvalue weighted by Gasteiger charge is 2.22. The Kier molecular flexibility index (Phi) is 4.61. The molecule has 0 spiro atoms. The van der Waals surface area contributed by atoms with Gasteiger partial charge in [0.15, 0.2) is 0 Å². The highest BCUT2D eigenvalue weighted by atomic mass is 16.5. The Morgan fingerprint density at radius 2 is 2.20 bits per heavy atom. The molecule has 1 atom stereocenters. The smallest absolute Gasteiger partial charge is 0.328 e. The van der Waals surface area contributed by atoms with Gasteiger partial charge in [-0.3, -0.25) is 4.57 Å². The molecular weight excluding hydrogens is 254 g/mol. The Bertz CT molecular complexity index is 592. The fourth-order valence-corrected chi connectivity index (χ4v) is 2.16. The average Bonchev–Trinajstić information content (AvgIpc) is 2.85. The largest absolute Gasteiger partial charge is 0.464 e. The highest BCUT2D eigenvalue weighted by Crippen LogP contribution is 2.24. The number of carbonyl (C=O) groups excluding carboxylic acids is 1. The second-order valence-corrected chi connectivity index (χ2v) is 4.74. The van der Waals surface area contributed by atoms with E-state index in [0.717, 1.165) is 23.9 Å². The van der Waals surface area contributed by atoms with E-state index in [9.17, 15) is 4.79 Å². The van der Waals surface area contributed by atoms with E-state index in [1.807, 2.05) is 35.8 Å². The van der Waals surface area contributed by atoms with Crippen molar-refractivity contribution in [3.63, 3.8) is 0 Å². The van der Waals surface area contributed by atoms with Crippen LogP contribution in [0.3, 0.4) is 0 Å². The molecular formula is C15H21N3O2. The second kappa shape index (κ2) is 6.41. The zero-order chi connectivity index (χ0) is 14.5. The Morgan fingerprint density at radius 3 is 2.90 bits per heavy atom. The molecule has 20 heavy (non-hydrogen) atoms. The molecule has 1 unspecified atom stereocenters. The third-order valence-corrected chi connectivity index (χ3v) is 3.29. The summed E-state index contributed by atoms with van der Waals surface area (Å²) in [5.74, 6) is 0.448. The van der Waals surface area contributed by atoms with Crippen LogP contribution in [0.5, 0.6) is 0 Å². The van der Waals surface area contributed by atoms with Gasteiger partial charge in [0.1, 0.15) is 6.04 Å². The van der Waals surface area contributed by atoms with Crippen LogP contribution in [0.4, 0.5) is 5.95 Å². The number of hydrogen-bond acceptors (Lipinski definition) is 4. The van der Waals surface area contributed by atoms with Crippen LogP contribution >= 0.6 is 0 Å². The van der Waals surface area contributed by atoms with Crippen LogP contribution in [-0.2, 0) is 9.53 Å². The van der Waals surface area contributed by atoms with Gasteiger partial charge < -0.3 is 10.1 Å². The number of aromatic nitrogens is 2. The molecule has 0 fully saturated rings. The lowest BCUT2D eigenvalue weighted by Crippen LogP contribution is -2.21. The van der Waals surface area contributed by atoms with Gasteiger partial charge in [0.2, 0.25) is 5.95 Å². The summed E-state index contributed by atoms with van der Waals surface area (Å²) in [6, 6.07) is 7.36. The molecule has 5 nitrogen and oxygen atoms in total. The molecule has 0 saturated carbocycles. The molecule has 1 aromatic carbocycles. The first-order chi connectivity index (χ1) is 9.69. The normalized spacial score (nSPS) is 12.3. The van der Waals surface area contributed by atoms with Crippen LogP contribution in [0.2, 0.25) is 0 Å². The first kappa shape index (κ1) is 14.4. The number of unbranched alkanes of at least 4 members (excludes halogenated alkanes) is 1. The van der Waals surface area contributed by atoms with Crippen molar-refractivity contribution in [1.29, 1.82) is 0 Å². The summed E-state index contributed by atoms with van der Waals surface area (Å²) >= 11 is 0. The van der Waals surface area contributed by atoms with Gasteiger partial charge in [-0.1, -0.05) is 25.5 Å². The molecule has 1 N–H and O–H groups in total. The van der Waals surface area contributed by atoms with Crippen molar-refractivity contribution in [2.45, 2.75) is 32.7 Å². The van der Waals surface area contributed by atoms with E-state index in [-0.39, 0.29) is 5.97 Å². The molecule has 0 aliphatic rings. The average molecular weight is 275 g/mol. The molecule has 5 heteroatoms. The summed E-state index contributed by atoms with van der Waals surface area (Å²) in [6.45, 7) is 4.38. The summed E-state index contributed by atoms with van der Waals surface area (Å²) in [5, 5.41) is 3.03. The van der Waals surface area contributed by atoms with E-state index in [1.54, 1.807) is 7.05 Å². The van der Waals surface area contributed by atoms with Crippen molar-refractivity contribution < 1.29 is 9.53 Å². The number of esters is 1. The van der Waals surface area contributed by atoms with Gasteiger partial charge in [-0.25, -0.2) is 9.78 Å². The van der Waals surface area contributed by atoms with Gasteiger partial charge in [0, 0.05) is 7.05 Å². The number of fused-ring (bicyclic) bond motifs is 1. The number of ether oxygens (including phenoxy) is 1. The lowest BCUT2D eigenvalue weighted by Gasteiger charge is -2.16. The Morgan fingerprint density at radius 1 is 1.45 bits per heavy atom. The van der Waals surface area contributed by atoms with Gasteiger partial charge in [0.05, 0.1) is 17.6 Å². The number of nitrogens with one attached hydrogen (secondary N) is 1. The topological polar surface area (TPSA) is 56.1 Å². The fourth-order valence-electron chi connectivity index (χ4n) is 2.16.